The first kappa shape index (κ1) is 126. The largest absolute Gasteiger partial charge is 0.497 e. The number of aryl methyl sites for hydroxylation is 6. The molecule has 0 radical (unpaired) electrons. The molecule has 24 heteroatoms. The number of alkyl halides is 6. The van der Waals surface area contributed by atoms with Crippen LogP contribution in [0.4, 0.5) is 30.7 Å². The zero-order valence-electron chi connectivity index (χ0n) is 97.3. The molecule has 7 aromatic carbocycles. The van der Waals surface area contributed by atoms with Gasteiger partial charge in [0.25, 0.3) is 0 Å². The molecule has 3 N–H and O–H groups in total. The van der Waals surface area contributed by atoms with Crippen LogP contribution in [-0.2, 0) is 83.0 Å². The van der Waals surface area contributed by atoms with Crippen LogP contribution in [0.15, 0.2) is 167 Å². The summed E-state index contributed by atoms with van der Waals surface area (Å²) in [6, 6.07) is 42.8. The number of likely N-dealkylation sites (N-methyl/N-ethyl adjacent to an activating group) is 1. The molecule has 149 heavy (non-hydrogen) atoms. The zero-order chi connectivity index (χ0) is 111. The van der Waals surface area contributed by atoms with Gasteiger partial charge in [0.2, 0.25) is 0 Å². The monoisotopic (exact) mass is 2090 g/mol. The fraction of sp³-hybridized carbons (Fsp3) is 0.568. The Morgan fingerprint density at radius 1 is 0.463 bits per heavy atom. The minimum absolute atomic E-state index is 0.186. The summed E-state index contributed by atoms with van der Waals surface area (Å²) in [6.45, 7) is 69.8. The van der Waals surface area contributed by atoms with E-state index in [2.05, 4.69) is 260 Å². The molecule has 16 nitrogen and oxygen atoms in total. The third-order valence-electron chi connectivity index (χ3n) is 27.1. The number of nitrogens with zero attached hydrogens (tertiary/aromatic N) is 8. The van der Waals surface area contributed by atoms with Crippen LogP contribution in [0.5, 0.6) is 17.2 Å². The van der Waals surface area contributed by atoms with Crippen LogP contribution in [0, 0.1) is 26.6 Å². The molecule has 0 bridgehead atoms. The van der Waals surface area contributed by atoms with E-state index < -0.39 is 28.9 Å². The molecule has 0 saturated carbocycles. The Morgan fingerprint density at radius 3 is 1.43 bits per heavy atom. The Labute approximate surface area is 896 Å². The van der Waals surface area contributed by atoms with Crippen molar-refractivity contribution in [2.24, 2.45) is 7.05 Å². The van der Waals surface area contributed by atoms with E-state index in [0.29, 0.717) is 75.9 Å². The molecule has 3 saturated heterocycles. The van der Waals surface area contributed by atoms with Gasteiger partial charge in [-0.1, -0.05) is 263 Å². The minimum atomic E-state index is -4.33. The van der Waals surface area contributed by atoms with Crippen molar-refractivity contribution in [3.05, 3.63) is 292 Å². The van der Waals surface area contributed by atoms with Crippen LogP contribution < -0.4 is 30.2 Å². The number of halogens is 8. The molecular formula is C125H183ClF7N11O5. The second-order valence-electron chi connectivity index (χ2n) is 48.9. The third-order valence-corrected chi connectivity index (χ3v) is 27.5. The number of imidazole rings is 1. The molecule has 3 unspecified atom stereocenters. The van der Waals surface area contributed by atoms with Crippen molar-refractivity contribution in [2.75, 3.05) is 81.2 Å². The normalized spacial score (nSPS) is 15.7. The van der Waals surface area contributed by atoms with Crippen LogP contribution in [0.2, 0.25) is 5.02 Å². The van der Waals surface area contributed by atoms with Gasteiger partial charge in [-0.05, 0) is 335 Å². The van der Waals surface area contributed by atoms with Crippen LogP contribution >= 0.6 is 11.6 Å². The van der Waals surface area contributed by atoms with Crippen molar-refractivity contribution >= 4 is 11.6 Å². The SMILES string of the molecule is CC(C)(C)c1c(F)ccc(C2CCCN2)c1Cl.CC(C)(C)c1cc(C(F)(F)F)ccc1-n1ccnc1.CC(C)(C)c1ccc2c(c1C1CCCN1)CCC2.CC(C)(C)c1cccc2c1CCC2.CC(C)c1ccno1.CN(C)CCOc1ccc(C(F)(F)F)cc1C(C)(C)C.COc1ccc(C(C)(C)C)c(C2CCCN2)c1.Cc1cc(C(C)(C)C)ccc1OCCCN(C)C.Cc1cc(C(C)C)n(C)n1.Cc1cc(C(C)C)on1. The fourth-order valence-corrected chi connectivity index (χ4v) is 19.5. The first-order valence-corrected chi connectivity index (χ1v) is 54.2. The topological polar surface area (TPSA) is 158 Å². The van der Waals surface area contributed by atoms with Crippen molar-refractivity contribution in [1.29, 1.82) is 0 Å². The molecule has 16 rings (SSSR count). The molecule has 7 heterocycles. The molecule has 5 aliphatic rings. The second-order valence-corrected chi connectivity index (χ2v) is 49.3. The van der Waals surface area contributed by atoms with Gasteiger partial charge in [-0.25, -0.2) is 9.37 Å². The number of hydrogen-bond donors (Lipinski definition) is 3. The molecule has 3 aliphatic heterocycles. The van der Waals surface area contributed by atoms with Crippen molar-refractivity contribution in [3.8, 4) is 22.9 Å². The van der Waals surface area contributed by atoms with Gasteiger partial charge in [0.05, 0.1) is 59.5 Å². The lowest BCUT2D eigenvalue weighted by Crippen LogP contribution is -2.22. The van der Waals surface area contributed by atoms with Gasteiger partial charge in [0.1, 0.15) is 41.2 Å². The van der Waals surface area contributed by atoms with Crippen molar-refractivity contribution in [3.63, 3.8) is 0 Å². The molecule has 4 aromatic heterocycles. The maximum absolute atomic E-state index is 13.9. The van der Waals surface area contributed by atoms with Crippen LogP contribution in [0.25, 0.3) is 5.69 Å². The Bertz CT molecular complexity index is 5860. The summed E-state index contributed by atoms with van der Waals surface area (Å²) >= 11 is 6.40. The Kier molecular flexibility index (Phi) is 47.3. The first-order chi connectivity index (χ1) is 69.2. The number of fused-ring (bicyclic) bond motifs is 2. The summed E-state index contributed by atoms with van der Waals surface area (Å²) in [4.78, 5) is 8.07. The highest BCUT2D eigenvalue weighted by molar-refractivity contribution is 6.32. The first-order valence-electron chi connectivity index (χ1n) is 53.8. The van der Waals surface area contributed by atoms with E-state index in [-0.39, 0.29) is 38.9 Å². The quantitative estimate of drug-likeness (QED) is 0.0584. The van der Waals surface area contributed by atoms with Crippen molar-refractivity contribution in [2.45, 2.75) is 377 Å². The lowest BCUT2D eigenvalue weighted by molar-refractivity contribution is -0.138. The van der Waals surface area contributed by atoms with Gasteiger partial charge in [-0.3, -0.25) is 4.68 Å². The standard InChI is InChI=1S/C17H25N.C16H27NO.C15H22F3NO.C15H23NO.C14H19ClFN.C14H15F3N2.C13H18.C8H14N2.C7H11NO.C6H9NO/c1-17(2,3)14-10-9-12-6-4-7-13(12)16(14)15-8-5-11-18-15;1-13-12-14(16(2,3)4)8-9-15(13)18-11-7-10-17(5)6;1-14(2,3)12-10-11(15(16,17)18)6-7-13(12)20-9-8-19(4)5;1-15(2,3)13-8-7-11(17-4)10-12(13)14-6-5-9-16-14;1-14(2,3)12-10(16)7-6-9(13(12)15)11-5-4-8-17-11;1-13(2,3)11-8-10(14(15,16)17)4-5-12(11)19-7-6-18-9-19;1-13(2,3)12-9-5-7-10-6-4-8-11(10)12;1-6(2)8-5-7(3)9-10(8)4;1-5(2)7-4-6(3)8-9-7;1-5(2)6-3-4-7-8-6/h9-10,15,18H,4-8,11H2,1-3H3;8-9,12H,7,10-11H2,1-6H3;6-7,10H,8-9H2,1-5H3;7-8,10,14,16H,5-6,9H2,1-4H3;6-7,11,17H,4-5,8H2,1-3H3;4-9H,1-3H3;5,7,9H,4,6,8H2,1-3H3;5-6H,1-4H3;4-5H,1-3H3;3-5H,1-2H3. The number of ether oxygens (including phenoxy) is 3. The number of rotatable bonds is 17. The van der Waals surface area contributed by atoms with Gasteiger partial charge in [-0.15, -0.1) is 0 Å². The Hall–Kier alpha value is -9.62. The van der Waals surface area contributed by atoms with Gasteiger partial charge in [0, 0.05) is 91.4 Å². The minimum Gasteiger partial charge on any atom is -0.497 e. The predicted molar refractivity (Wildman–Crippen MR) is 604 cm³/mol. The fourth-order valence-electron chi connectivity index (χ4n) is 19.0. The van der Waals surface area contributed by atoms with Crippen LogP contribution in [0.1, 0.15) is 404 Å². The highest BCUT2D eigenvalue weighted by Crippen LogP contribution is 2.45. The number of nitrogens with one attached hydrogen (secondary N) is 3. The van der Waals surface area contributed by atoms with E-state index in [0.717, 1.165) is 103 Å². The van der Waals surface area contributed by atoms with E-state index in [1.807, 2.05) is 125 Å². The van der Waals surface area contributed by atoms with Crippen LogP contribution in [-0.4, -0.2) is 121 Å². The summed E-state index contributed by atoms with van der Waals surface area (Å²) in [5.41, 5.74) is 22.4. The summed E-state index contributed by atoms with van der Waals surface area (Å²) in [7, 11) is 11.7. The average molecular weight is 2090 g/mol. The molecule has 2 aliphatic carbocycles. The second kappa shape index (κ2) is 55.8. The smallest absolute Gasteiger partial charge is 0.416 e. The van der Waals surface area contributed by atoms with Gasteiger partial charge < -0.3 is 53.6 Å². The zero-order valence-corrected chi connectivity index (χ0v) is 98.0. The number of hydrogen-bond acceptors (Lipinski definition) is 14. The molecule has 0 spiro atoms. The van der Waals surface area contributed by atoms with E-state index >= 15 is 0 Å². The third kappa shape index (κ3) is 39.5. The van der Waals surface area contributed by atoms with Gasteiger partial charge >= 0.3 is 12.4 Å². The van der Waals surface area contributed by atoms with E-state index in [4.69, 9.17) is 34.9 Å². The molecule has 0 amide bonds. The molecular weight excluding hydrogens is 1900 g/mol. The average Bonchev–Trinajstić information content (AvgIpc) is 1.68. The lowest BCUT2D eigenvalue weighted by atomic mass is 9.78. The molecule has 11 aromatic rings. The Morgan fingerprint density at radius 2 is 0.987 bits per heavy atom. The predicted octanol–water partition coefficient (Wildman–Crippen LogP) is 32.5. The summed E-state index contributed by atoms with van der Waals surface area (Å²) < 4.78 is 121. The summed E-state index contributed by atoms with van der Waals surface area (Å²) in [6.07, 6.45) is 14.2. The number of benzene rings is 7. The lowest BCUT2D eigenvalue weighted by Gasteiger charge is -2.28. The van der Waals surface area contributed by atoms with Crippen molar-refractivity contribution in [1.82, 2.24) is 55.4 Å². The molecule has 824 valence electrons. The highest BCUT2D eigenvalue weighted by atomic mass is 35.5. The van der Waals surface area contributed by atoms with Gasteiger partial charge in [0.15, 0.2) is 0 Å². The van der Waals surface area contributed by atoms with Gasteiger partial charge in [-0.2, -0.15) is 31.4 Å². The van der Waals surface area contributed by atoms with Crippen LogP contribution in [0.3, 0.4) is 0 Å². The maximum Gasteiger partial charge on any atom is 0.416 e. The highest BCUT2D eigenvalue weighted by Gasteiger charge is 2.37. The van der Waals surface area contributed by atoms with E-state index in [1.165, 1.54) is 123 Å². The van der Waals surface area contributed by atoms with E-state index in [1.54, 1.807) is 81.6 Å². The Balaban J connectivity index is 0.000000226. The van der Waals surface area contributed by atoms with E-state index in [9.17, 15) is 30.7 Å². The number of methoxy groups -OCH3 is 1. The maximum atomic E-state index is 13.9. The number of aromatic nitrogens is 6. The van der Waals surface area contributed by atoms with Crippen molar-refractivity contribution < 1.29 is 54.0 Å². The molecule has 3 fully saturated rings. The summed E-state index contributed by atoms with van der Waals surface area (Å²) in [5, 5.41) is 22.9. The summed E-state index contributed by atoms with van der Waals surface area (Å²) in [5.74, 6) is 5.69. The molecule has 3 atom stereocenters.